The molecule has 0 bridgehead atoms. The number of H-pyrrole nitrogens is 2. The molecule has 4 rings (SSSR count). The van der Waals surface area contributed by atoms with Crippen molar-refractivity contribution in [1.29, 1.82) is 0 Å². The molecule has 0 saturated heterocycles. The van der Waals surface area contributed by atoms with E-state index in [0.29, 0.717) is 15.5 Å². The van der Waals surface area contributed by atoms with Crippen LogP contribution in [0.25, 0.3) is 22.3 Å². The minimum Gasteiger partial charge on any atom is -0.326 e. The van der Waals surface area contributed by atoms with Crippen LogP contribution in [0.2, 0.25) is 0 Å². The molecule has 0 unspecified atom stereocenters. The maximum absolute atomic E-state index is 5.16. The Morgan fingerprint density at radius 3 is 2.03 bits per heavy atom. The van der Waals surface area contributed by atoms with Gasteiger partial charge in [-0.05, 0) is 72.7 Å². The van der Waals surface area contributed by atoms with Gasteiger partial charge in [0.1, 0.15) is 0 Å². The van der Waals surface area contributed by atoms with E-state index < -0.39 is 0 Å². The molecule has 0 aliphatic carbocycles. The second-order valence-corrected chi connectivity index (χ2v) is 7.76. The summed E-state index contributed by atoms with van der Waals surface area (Å²) in [6, 6.07) is 23.4. The molecule has 3 aromatic carbocycles. The Hall–Kier alpha value is -3.09. The number of anilines is 2. The van der Waals surface area contributed by atoms with Crippen molar-refractivity contribution in [2.24, 2.45) is 0 Å². The molecule has 4 nitrogen and oxygen atoms in total. The van der Waals surface area contributed by atoms with Gasteiger partial charge in [0.15, 0.2) is 4.77 Å². The molecular weight excluding hydrogens is 396 g/mol. The third-order valence-electron chi connectivity index (χ3n) is 4.61. The zero-order valence-electron chi connectivity index (χ0n) is 16.1. The van der Waals surface area contributed by atoms with Crippen molar-refractivity contribution in [2.75, 3.05) is 5.32 Å². The van der Waals surface area contributed by atoms with Crippen LogP contribution < -0.4 is 5.32 Å². The van der Waals surface area contributed by atoms with Crippen LogP contribution in [0.5, 0.6) is 0 Å². The number of rotatable bonds is 4. The summed E-state index contributed by atoms with van der Waals surface area (Å²) in [6.07, 6.45) is 0. The number of aromatic nitrogens is 3. The van der Waals surface area contributed by atoms with E-state index in [1.54, 1.807) is 0 Å². The van der Waals surface area contributed by atoms with Crippen LogP contribution in [-0.2, 0) is 0 Å². The molecule has 0 aliphatic heterocycles. The molecule has 0 spiro atoms. The number of aryl methyl sites for hydroxylation is 2. The first kappa shape index (κ1) is 19.2. The smallest absolute Gasteiger partial charge is 0.209 e. The summed E-state index contributed by atoms with van der Waals surface area (Å²) in [5, 5.41) is 3.28. The molecular formula is C23H20N4S2. The molecule has 29 heavy (non-hydrogen) atoms. The van der Waals surface area contributed by atoms with Gasteiger partial charge < -0.3 is 15.3 Å². The Kier molecular flexibility index (Phi) is 5.38. The molecule has 0 amide bonds. The molecule has 144 valence electrons. The number of nitrogens with one attached hydrogen (secondary N) is 3. The lowest BCUT2D eigenvalue weighted by Crippen LogP contribution is -2.00. The fourth-order valence-electron chi connectivity index (χ4n) is 3.33. The van der Waals surface area contributed by atoms with Gasteiger partial charge in [0.25, 0.3) is 0 Å². The predicted octanol–water partition coefficient (Wildman–Crippen LogP) is 6.89. The van der Waals surface area contributed by atoms with Gasteiger partial charge in [0, 0.05) is 5.69 Å². The van der Waals surface area contributed by atoms with Crippen LogP contribution in [-0.4, -0.2) is 15.0 Å². The third kappa shape index (κ3) is 4.50. The molecule has 0 radical (unpaired) electrons. The van der Waals surface area contributed by atoms with Crippen LogP contribution in [0, 0.1) is 23.4 Å². The number of hydrogen-bond acceptors (Lipinski definition) is 4. The minimum absolute atomic E-state index is 0.339. The second-order valence-electron chi connectivity index (χ2n) is 6.97. The first-order valence-corrected chi connectivity index (χ1v) is 10.1. The van der Waals surface area contributed by atoms with Crippen molar-refractivity contribution < 1.29 is 0 Å². The lowest BCUT2D eigenvalue weighted by atomic mass is 9.92. The van der Waals surface area contributed by atoms with E-state index in [4.69, 9.17) is 24.4 Å². The molecule has 1 heterocycles. The number of nitrogens with zero attached hydrogens (tertiary/aromatic N) is 1. The van der Waals surface area contributed by atoms with Gasteiger partial charge >= 0.3 is 0 Å². The lowest BCUT2D eigenvalue weighted by molar-refractivity contribution is 1.01. The van der Waals surface area contributed by atoms with Gasteiger partial charge in [0.2, 0.25) is 10.7 Å². The Balaban J connectivity index is 1.85. The topological polar surface area (TPSA) is 56.5 Å². The molecule has 3 N–H and O–H groups in total. The highest BCUT2D eigenvalue weighted by Gasteiger charge is 2.10. The van der Waals surface area contributed by atoms with Crippen molar-refractivity contribution in [3.63, 3.8) is 0 Å². The van der Waals surface area contributed by atoms with Crippen molar-refractivity contribution >= 4 is 36.1 Å². The van der Waals surface area contributed by atoms with E-state index in [-0.39, 0.29) is 0 Å². The Labute approximate surface area is 179 Å². The normalized spacial score (nSPS) is 10.7. The largest absolute Gasteiger partial charge is 0.326 e. The SMILES string of the molecule is Cc1cccc(-c2ccc(Nc3nc(=S)[nH]c(=S)[nH]3)cc2-c2cccc(C)c2)c1. The average molecular weight is 417 g/mol. The van der Waals surface area contributed by atoms with Crippen LogP contribution in [0.3, 0.4) is 0 Å². The minimum atomic E-state index is 0.339. The van der Waals surface area contributed by atoms with Gasteiger partial charge in [-0.25, -0.2) is 0 Å². The molecule has 4 aromatic rings. The fraction of sp³-hybridized carbons (Fsp3) is 0.0870. The van der Waals surface area contributed by atoms with Crippen molar-refractivity contribution in [2.45, 2.75) is 13.8 Å². The van der Waals surface area contributed by atoms with Crippen molar-refractivity contribution in [1.82, 2.24) is 15.0 Å². The number of benzene rings is 3. The Morgan fingerprint density at radius 2 is 1.41 bits per heavy atom. The Bertz CT molecular complexity index is 1280. The Morgan fingerprint density at radius 1 is 0.759 bits per heavy atom. The molecule has 0 fully saturated rings. The van der Waals surface area contributed by atoms with Crippen LogP contribution in [0.4, 0.5) is 11.6 Å². The van der Waals surface area contributed by atoms with Crippen molar-refractivity contribution in [3.8, 4) is 22.3 Å². The van der Waals surface area contributed by atoms with Crippen LogP contribution in [0.15, 0.2) is 66.7 Å². The first-order valence-electron chi connectivity index (χ1n) is 9.24. The highest BCUT2D eigenvalue weighted by atomic mass is 32.1. The molecule has 0 aliphatic rings. The lowest BCUT2D eigenvalue weighted by Gasteiger charge is -2.14. The average Bonchev–Trinajstić information content (AvgIpc) is 2.67. The standard InChI is InChI=1S/C23H20N4S2/c1-14-5-3-7-16(11-14)19-10-9-18(24-21-25-22(28)27-23(29)26-21)13-20(19)17-8-4-6-15(2)12-17/h3-13H,1-2H3,(H3,24,25,26,27,28,29). The molecule has 6 heteroatoms. The van der Waals surface area contributed by atoms with Crippen molar-refractivity contribution in [3.05, 3.63) is 87.4 Å². The summed E-state index contributed by atoms with van der Waals surface area (Å²) in [5.41, 5.74) is 8.02. The zero-order valence-corrected chi connectivity index (χ0v) is 17.7. The second kappa shape index (κ2) is 8.11. The number of aromatic amines is 2. The fourth-order valence-corrected chi connectivity index (χ4v) is 3.78. The highest BCUT2D eigenvalue weighted by molar-refractivity contribution is 7.71. The van der Waals surface area contributed by atoms with E-state index in [9.17, 15) is 0 Å². The molecule has 0 atom stereocenters. The maximum Gasteiger partial charge on any atom is 0.209 e. The summed E-state index contributed by atoms with van der Waals surface area (Å²) >= 11 is 10.3. The van der Waals surface area contributed by atoms with Crippen LogP contribution >= 0.6 is 24.4 Å². The van der Waals surface area contributed by atoms with Gasteiger partial charge in [-0.2, -0.15) is 4.98 Å². The van der Waals surface area contributed by atoms with Gasteiger partial charge in [-0.3, -0.25) is 0 Å². The quantitative estimate of drug-likeness (QED) is 0.317. The zero-order chi connectivity index (χ0) is 20.4. The molecule has 0 saturated carbocycles. The van der Waals surface area contributed by atoms with Crippen LogP contribution in [0.1, 0.15) is 11.1 Å². The first-order chi connectivity index (χ1) is 14.0. The predicted molar refractivity (Wildman–Crippen MR) is 125 cm³/mol. The summed E-state index contributed by atoms with van der Waals surface area (Å²) in [7, 11) is 0. The van der Waals surface area contributed by atoms with Gasteiger partial charge in [-0.1, -0.05) is 65.7 Å². The summed E-state index contributed by atoms with van der Waals surface area (Å²) in [5.74, 6) is 0.511. The van der Waals surface area contributed by atoms with E-state index >= 15 is 0 Å². The summed E-state index contributed by atoms with van der Waals surface area (Å²) in [4.78, 5) is 10.1. The summed E-state index contributed by atoms with van der Waals surface area (Å²) in [6.45, 7) is 4.21. The van der Waals surface area contributed by atoms with Gasteiger partial charge in [-0.15, -0.1) is 0 Å². The maximum atomic E-state index is 5.16. The highest BCUT2D eigenvalue weighted by Crippen LogP contribution is 2.35. The molecule has 1 aromatic heterocycles. The van der Waals surface area contributed by atoms with E-state index in [2.05, 4.69) is 94.8 Å². The summed E-state index contributed by atoms with van der Waals surface area (Å²) < 4.78 is 0.773. The van der Waals surface area contributed by atoms with Gasteiger partial charge in [0.05, 0.1) is 0 Å². The van der Waals surface area contributed by atoms with E-state index in [1.807, 2.05) is 6.07 Å². The third-order valence-corrected chi connectivity index (χ3v) is 5.00. The monoisotopic (exact) mass is 416 g/mol. The van der Waals surface area contributed by atoms with E-state index in [1.165, 1.54) is 22.3 Å². The number of hydrogen-bond donors (Lipinski definition) is 3. The van der Waals surface area contributed by atoms with E-state index in [0.717, 1.165) is 16.8 Å².